The van der Waals surface area contributed by atoms with Gasteiger partial charge in [0.1, 0.15) is 12.0 Å². The summed E-state index contributed by atoms with van der Waals surface area (Å²) in [7, 11) is 0. The lowest BCUT2D eigenvalue weighted by Gasteiger charge is -2.34. The minimum atomic E-state index is -0.0993. The second-order valence-electron chi connectivity index (χ2n) is 9.35. The van der Waals surface area contributed by atoms with Crippen LogP contribution in [0.5, 0.6) is 5.75 Å². The third-order valence-corrected chi connectivity index (χ3v) is 7.80. The first-order valence-electron chi connectivity index (χ1n) is 11.7. The Morgan fingerprint density at radius 2 is 1.97 bits per heavy atom. The second-order valence-corrected chi connectivity index (χ2v) is 11.7. The zero-order valence-electron chi connectivity index (χ0n) is 19.8. The number of hydrogen-bond donors (Lipinski definition) is 1. The zero-order valence-corrected chi connectivity index (χ0v) is 21.5. The van der Waals surface area contributed by atoms with Crippen LogP contribution in [0.4, 0.5) is 9.93 Å². The van der Waals surface area contributed by atoms with Gasteiger partial charge in [-0.25, -0.2) is 9.78 Å². The summed E-state index contributed by atoms with van der Waals surface area (Å²) in [5, 5.41) is 3.54. The number of rotatable bonds is 10. The van der Waals surface area contributed by atoms with Crippen LogP contribution in [-0.2, 0) is 10.2 Å². The summed E-state index contributed by atoms with van der Waals surface area (Å²) in [5.41, 5.74) is 1.41. The van der Waals surface area contributed by atoms with Gasteiger partial charge in [0, 0.05) is 12.6 Å². The molecule has 1 aromatic carbocycles. The van der Waals surface area contributed by atoms with Crippen molar-refractivity contribution >= 4 is 40.5 Å². The lowest BCUT2D eigenvalue weighted by Crippen LogP contribution is -2.44. The minimum Gasteiger partial charge on any atom is -0.494 e. The third kappa shape index (κ3) is 8.03. The Kier molecular flexibility index (Phi) is 9.62. The van der Waals surface area contributed by atoms with Gasteiger partial charge in [0.2, 0.25) is 0 Å². The molecule has 0 bridgehead atoms. The van der Waals surface area contributed by atoms with E-state index in [2.05, 4.69) is 43.2 Å². The van der Waals surface area contributed by atoms with E-state index < -0.39 is 0 Å². The fourth-order valence-corrected chi connectivity index (χ4v) is 5.56. The van der Waals surface area contributed by atoms with E-state index in [4.69, 9.17) is 4.74 Å². The normalized spacial score (nSPS) is 14.6. The van der Waals surface area contributed by atoms with Crippen LogP contribution in [0, 0.1) is 0 Å². The number of nitrogens with zero attached hydrogens (tertiary/aromatic N) is 2. The number of benzene rings is 1. The largest absolute Gasteiger partial charge is 0.494 e. The molecule has 2 aromatic rings. The maximum absolute atomic E-state index is 13.1. The molecule has 0 spiro atoms. The van der Waals surface area contributed by atoms with E-state index in [0.29, 0.717) is 24.0 Å². The summed E-state index contributed by atoms with van der Waals surface area (Å²) in [6.45, 7) is 7.81. The van der Waals surface area contributed by atoms with Gasteiger partial charge in [-0.3, -0.25) is 5.32 Å². The van der Waals surface area contributed by atoms with E-state index in [9.17, 15) is 9.59 Å². The number of amides is 2. The number of aromatic nitrogens is 1. The van der Waals surface area contributed by atoms with Gasteiger partial charge in [-0.1, -0.05) is 63.5 Å². The average molecular weight is 490 g/mol. The zero-order chi connectivity index (χ0) is 23.7. The van der Waals surface area contributed by atoms with Crippen LogP contribution in [0.15, 0.2) is 34.7 Å². The van der Waals surface area contributed by atoms with Crippen LogP contribution in [0.3, 0.4) is 0 Å². The van der Waals surface area contributed by atoms with Gasteiger partial charge in [-0.05, 0) is 42.4 Å². The van der Waals surface area contributed by atoms with E-state index in [1.54, 1.807) is 6.20 Å². The van der Waals surface area contributed by atoms with E-state index in [0.717, 1.165) is 48.3 Å². The standard InChI is InChI=1S/C25H35N3O3S2/c1-25(2,3)19-10-12-21(13-11-19)31-16-7-14-28(20-8-5-4-6-9-20)24(30)27-23-26-18-22(33-23)32-17-15-29/h10-13,15,18,20H,4-9,14,16-17H2,1-3H3,(H,26,27,30). The minimum absolute atomic E-state index is 0.0993. The Bertz CT molecular complexity index is 887. The fraction of sp³-hybridized carbons (Fsp3) is 0.560. The molecule has 3 rings (SSSR count). The molecule has 33 heavy (non-hydrogen) atoms. The number of thiazole rings is 1. The number of urea groups is 1. The Morgan fingerprint density at radius 3 is 2.64 bits per heavy atom. The summed E-state index contributed by atoms with van der Waals surface area (Å²) in [6.07, 6.45) is 8.99. The first-order valence-corrected chi connectivity index (χ1v) is 13.5. The average Bonchev–Trinajstić information content (AvgIpc) is 3.25. The highest BCUT2D eigenvalue weighted by molar-refractivity contribution is 8.01. The number of nitrogens with one attached hydrogen (secondary N) is 1. The van der Waals surface area contributed by atoms with Crippen LogP contribution in [-0.4, -0.2) is 47.1 Å². The molecule has 8 heteroatoms. The lowest BCUT2D eigenvalue weighted by molar-refractivity contribution is -0.105. The summed E-state index contributed by atoms with van der Waals surface area (Å²) in [4.78, 5) is 29.9. The van der Waals surface area contributed by atoms with Crippen molar-refractivity contribution in [2.45, 2.75) is 75.0 Å². The summed E-state index contributed by atoms with van der Waals surface area (Å²) in [5.74, 6) is 1.25. The maximum atomic E-state index is 13.1. The maximum Gasteiger partial charge on any atom is 0.323 e. The van der Waals surface area contributed by atoms with E-state index in [1.165, 1.54) is 35.1 Å². The molecule has 1 N–H and O–H groups in total. The number of ether oxygens (including phenoxy) is 1. The Labute approximate surface area is 205 Å². The molecule has 6 nitrogen and oxygen atoms in total. The van der Waals surface area contributed by atoms with Crippen molar-refractivity contribution in [2.24, 2.45) is 0 Å². The summed E-state index contributed by atoms with van der Waals surface area (Å²) in [6, 6.07) is 8.44. The van der Waals surface area contributed by atoms with Crippen molar-refractivity contribution in [2.75, 3.05) is 24.2 Å². The van der Waals surface area contributed by atoms with Gasteiger partial charge < -0.3 is 14.4 Å². The van der Waals surface area contributed by atoms with Crippen LogP contribution >= 0.6 is 23.1 Å². The van der Waals surface area contributed by atoms with Gasteiger partial charge >= 0.3 is 6.03 Å². The highest BCUT2D eigenvalue weighted by atomic mass is 32.2. The van der Waals surface area contributed by atoms with Crippen molar-refractivity contribution in [1.82, 2.24) is 9.88 Å². The molecule has 1 fully saturated rings. The molecule has 0 radical (unpaired) electrons. The van der Waals surface area contributed by atoms with E-state index in [1.807, 2.05) is 17.0 Å². The smallest absolute Gasteiger partial charge is 0.323 e. The molecule has 1 heterocycles. The topological polar surface area (TPSA) is 71.5 Å². The molecular weight excluding hydrogens is 454 g/mol. The van der Waals surface area contributed by atoms with Crippen LogP contribution in [0.2, 0.25) is 0 Å². The molecule has 0 aliphatic heterocycles. The van der Waals surface area contributed by atoms with Gasteiger partial charge in [0.05, 0.1) is 22.8 Å². The van der Waals surface area contributed by atoms with Gasteiger partial charge in [-0.15, -0.1) is 11.8 Å². The quantitative estimate of drug-likeness (QED) is 0.239. The number of carbonyl (C=O) groups excluding carboxylic acids is 2. The number of carbonyl (C=O) groups is 2. The number of hydrogen-bond acceptors (Lipinski definition) is 6. The number of anilines is 1. The molecule has 180 valence electrons. The molecule has 1 aromatic heterocycles. The van der Waals surface area contributed by atoms with Crippen LogP contribution < -0.4 is 10.1 Å². The van der Waals surface area contributed by atoms with E-state index >= 15 is 0 Å². The van der Waals surface area contributed by atoms with Crippen molar-refractivity contribution < 1.29 is 14.3 Å². The van der Waals surface area contributed by atoms with E-state index in [-0.39, 0.29) is 17.5 Å². The van der Waals surface area contributed by atoms with Gasteiger partial charge in [-0.2, -0.15) is 0 Å². The Balaban J connectivity index is 1.53. The van der Waals surface area contributed by atoms with Crippen molar-refractivity contribution in [1.29, 1.82) is 0 Å². The monoisotopic (exact) mass is 489 g/mol. The SMILES string of the molecule is CC(C)(C)c1ccc(OCCCN(C(=O)Nc2ncc(SCC=O)s2)C2CCCCC2)cc1. The van der Waals surface area contributed by atoms with Gasteiger partial charge in [0.25, 0.3) is 0 Å². The number of aldehydes is 1. The van der Waals surface area contributed by atoms with Crippen LogP contribution in [0.1, 0.15) is 64.9 Å². The molecule has 2 amide bonds. The Morgan fingerprint density at radius 1 is 1.24 bits per heavy atom. The van der Waals surface area contributed by atoms with Crippen molar-refractivity contribution in [3.05, 3.63) is 36.0 Å². The first kappa shape index (κ1) is 25.6. The van der Waals surface area contributed by atoms with Gasteiger partial charge in [0.15, 0.2) is 5.13 Å². The molecule has 0 unspecified atom stereocenters. The molecular formula is C25H35N3O3S2. The summed E-state index contributed by atoms with van der Waals surface area (Å²) < 4.78 is 6.87. The predicted octanol–water partition coefficient (Wildman–Crippen LogP) is 6.37. The molecule has 1 aliphatic carbocycles. The highest BCUT2D eigenvalue weighted by Crippen LogP contribution is 2.29. The lowest BCUT2D eigenvalue weighted by atomic mass is 9.87. The molecule has 0 saturated heterocycles. The number of thioether (sulfide) groups is 1. The van der Waals surface area contributed by atoms with Crippen molar-refractivity contribution in [3.63, 3.8) is 0 Å². The molecule has 1 saturated carbocycles. The van der Waals surface area contributed by atoms with Crippen LogP contribution in [0.25, 0.3) is 0 Å². The second kappa shape index (κ2) is 12.4. The first-order chi connectivity index (χ1) is 15.9. The third-order valence-electron chi connectivity index (χ3n) is 5.80. The summed E-state index contributed by atoms with van der Waals surface area (Å²) >= 11 is 2.83. The fourth-order valence-electron chi connectivity index (χ4n) is 3.98. The molecule has 0 atom stereocenters. The Hall–Kier alpha value is -2.06. The molecule has 1 aliphatic rings. The predicted molar refractivity (Wildman–Crippen MR) is 137 cm³/mol. The van der Waals surface area contributed by atoms with Crippen molar-refractivity contribution in [3.8, 4) is 5.75 Å². The highest BCUT2D eigenvalue weighted by Gasteiger charge is 2.26.